The maximum absolute atomic E-state index is 5.16. The van der Waals surface area contributed by atoms with Crippen molar-refractivity contribution < 1.29 is 0 Å². The van der Waals surface area contributed by atoms with Gasteiger partial charge in [-0.05, 0) is 87.5 Å². The van der Waals surface area contributed by atoms with Crippen LogP contribution in [0.3, 0.4) is 0 Å². The molecule has 0 fully saturated rings. The van der Waals surface area contributed by atoms with E-state index in [0.29, 0.717) is 0 Å². The molecule has 0 radical (unpaired) electrons. The molecule has 1 N–H and O–H groups in total. The van der Waals surface area contributed by atoms with Crippen LogP contribution in [0.25, 0.3) is 0 Å². The fraction of sp³-hybridized carbons (Fsp3) is 0.706. The number of nitrogens with one attached hydrogen (secondary N) is 1. The predicted molar refractivity (Wildman–Crippen MR) is 157 cm³/mol. The maximum atomic E-state index is 5.16. The highest BCUT2D eigenvalue weighted by Gasteiger charge is 2.13. The van der Waals surface area contributed by atoms with Gasteiger partial charge in [0.15, 0.2) is 0 Å². The Labute approximate surface area is 227 Å². The number of nitrogens with zero attached hydrogens (tertiary/aromatic N) is 2. The molecular formula is C34H53N3. The van der Waals surface area contributed by atoms with Gasteiger partial charge in [0.1, 0.15) is 0 Å². The zero-order valence-electron chi connectivity index (χ0n) is 24.1. The Morgan fingerprint density at radius 3 is 1.19 bits per heavy atom. The summed E-state index contributed by atoms with van der Waals surface area (Å²) in [7, 11) is 0. The van der Waals surface area contributed by atoms with Crippen molar-refractivity contribution in [1.29, 1.82) is 0 Å². The molecule has 0 saturated carbocycles. The zero-order chi connectivity index (χ0) is 25.7. The third-order valence-electron chi connectivity index (χ3n) is 8.82. The second kappa shape index (κ2) is 15.6. The fourth-order valence-electron chi connectivity index (χ4n) is 6.40. The molecule has 6 rings (SSSR count). The molecule has 2 aliphatic carbocycles. The first-order valence-corrected chi connectivity index (χ1v) is 15.9. The molecule has 0 saturated heterocycles. The van der Waals surface area contributed by atoms with E-state index in [4.69, 9.17) is 9.97 Å². The summed E-state index contributed by atoms with van der Waals surface area (Å²) in [6, 6.07) is 4.99. The molecule has 0 amide bonds. The highest BCUT2D eigenvalue weighted by atomic mass is 14.9. The number of hydrogen-bond donors (Lipinski definition) is 1. The minimum absolute atomic E-state index is 0.915. The molecule has 0 atom stereocenters. The van der Waals surface area contributed by atoms with Gasteiger partial charge in [-0.2, -0.15) is 0 Å². The molecule has 0 unspecified atom stereocenters. The summed E-state index contributed by atoms with van der Waals surface area (Å²) in [6.45, 7) is 6.29. The lowest BCUT2D eigenvalue weighted by Crippen LogP contribution is -2.18. The summed E-state index contributed by atoms with van der Waals surface area (Å²) >= 11 is 0. The molecule has 0 aromatic carbocycles. The molecule has 0 spiro atoms. The summed E-state index contributed by atoms with van der Waals surface area (Å²) in [5.74, 6) is 0. The van der Waals surface area contributed by atoms with Crippen molar-refractivity contribution >= 4 is 0 Å². The molecule has 3 nitrogen and oxygen atoms in total. The van der Waals surface area contributed by atoms with E-state index >= 15 is 0 Å². The molecule has 2 aliphatic heterocycles. The predicted octanol–water partition coefficient (Wildman–Crippen LogP) is 8.82. The van der Waals surface area contributed by atoms with Crippen LogP contribution >= 0.6 is 0 Å². The summed E-state index contributed by atoms with van der Waals surface area (Å²) in [5.41, 5.74) is 11.0. The third-order valence-corrected chi connectivity index (χ3v) is 8.82. The van der Waals surface area contributed by atoms with Crippen LogP contribution in [-0.4, -0.2) is 9.97 Å². The first-order valence-electron chi connectivity index (χ1n) is 15.9. The molecule has 204 valence electrons. The molecule has 37 heavy (non-hydrogen) atoms. The molecule has 4 bridgehead atoms. The van der Waals surface area contributed by atoms with E-state index in [2.05, 4.69) is 31.3 Å². The van der Waals surface area contributed by atoms with Crippen molar-refractivity contribution in [3.05, 3.63) is 57.2 Å². The lowest BCUT2D eigenvalue weighted by Gasteiger charge is -2.17. The van der Waals surface area contributed by atoms with E-state index in [1.807, 2.05) is 0 Å². The summed E-state index contributed by atoms with van der Waals surface area (Å²) in [6.07, 6.45) is 26.4. The second-order valence-corrected chi connectivity index (χ2v) is 11.9. The monoisotopic (exact) mass is 503 g/mol. The smallest absolute Gasteiger partial charge is 0.0451 e. The second-order valence-electron chi connectivity index (χ2n) is 11.9. The van der Waals surface area contributed by atoms with Crippen molar-refractivity contribution in [2.24, 2.45) is 0 Å². The van der Waals surface area contributed by atoms with Crippen LogP contribution < -0.4 is 5.32 Å². The largest absolute Gasteiger partial charge is 0.308 e. The minimum atomic E-state index is 0.915. The third kappa shape index (κ3) is 9.20. The van der Waals surface area contributed by atoms with Gasteiger partial charge < -0.3 is 5.32 Å². The van der Waals surface area contributed by atoms with E-state index in [-0.39, 0.29) is 0 Å². The Kier molecular flexibility index (Phi) is 11.9. The number of pyridine rings is 2. The van der Waals surface area contributed by atoms with E-state index < -0.39 is 0 Å². The maximum Gasteiger partial charge on any atom is 0.0451 e. The van der Waals surface area contributed by atoms with Crippen LogP contribution in [0, 0.1) is 13.8 Å². The quantitative estimate of drug-likeness (QED) is 0.453. The van der Waals surface area contributed by atoms with Gasteiger partial charge in [0, 0.05) is 35.9 Å². The summed E-state index contributed by atoms with van der Waals surface area (Å²) in [5, 5.41) is 3.85. The van der Waals surface area contributed by atoms with Gasteiger partial charge in [-0.25, -0.2) is 0 Å². The van der Waals surface area contributed by atoms with Crippen LogP contribution in [0.1, 0.15) is 148 Å². The summed E-state index contributed by atoms with van der Waals surface area (Å²) in [4.78, 5) is 10.3. The average Bonchev–Trinajstić information content (AvgIpc) is 2.89. The summed E-state index contributed by atoms with van der Waals surface area (Å²) < 4.78 is 0. The number of rotatable bonds is 4. The first-order chi connectivity index (χ1) is 18.2. The average molecular weight is 504 g/mol. The number of aromatic nitrogens is 2. The Bertz CT molecular complexity index is 887. The Morgan fingerprint density at radius 2 is 0.811 bits per heavy atom. The SMILES string of the molecule is Cc1nc2c(CNCc3cc4c(C)nc3CCCCCCCCCC4)cc1CCCCCCCCCC2. The van der Waals surface area contributed by atoms with Crippen LogP contribution in [0.4, 0.5) is 0 Å². The van der Waals surface area contributed by atoms with Crippen LogP contribution in [0.2, 0.25) is 0 Å². The standard InChI is InChI=1S/C34H53N3/c1-27-29-19-15-11-7-3-5-9-13-17-21-33(36-27)31(23-29)25-35-26-32-24-30-20-16-12-8-4-6-10-14-18-22-34(32)37-28(30)2/h23-24,35H,3-22,25-26H2,1-2H3. The van der Waals surface area contributed by atoms with Gasteiger partial charge in [0.25, 0.3) is 0 Å². The van der Waals surface area contributed by atoms with Gasteiger partial charge in [0.2, 0.25) is 0 Å². The highest BCUT2D eigenvalue weighted by Crippen LogP contribution is 2.23. The van der Waals surface area contributed by atoms with Gasteiger partial charge in [0.05, 0.1) is 0 Å². The minimum Gasteiger partial charge on any atom is -0.308 e. The zero-order valence-corrected chi connectivity index (χ0v) is 24.1. The van der Waals surface area contributed by atoms with Crippen LogP contribution in [0.15, 0.2) is 12.1 Å². The van der Waals surface area contributed by atoms with Crippen LogP contribution in [-0.2, 0) is 38.8 Å². The number of aryl methyl sites for hydroxylation is 6. The molecular weight excluding hydrogens is 450 g/mol. The van der Waals surface area contributed by atoms with Gasteiger partial charge in [-0.15, -0.1) is 0 Å². The van der Waals surface area contributed by atoms with E-state index in [9.17, 15) is 0 Å². The molecule has 2 aromatic rings. The van der Waals surface area contributed by atoms with Crippen LogP contribution in [0.5, 0.6) is 0 Å². The molecule has 4 heterocycles. The Morgan fingerprint density at radius 1 is 0.486 bits per heavy atom. The van der Waals surface area contributed by atoms with Gasteiger partial charge in [-0.1, -0.05) is 89.2 Å². The normalized spacial score (nSPS) is 18.9. The van der Waals surface area contributed by atoms with E-state index in [0.717, 1.165) is 25.9 Å². The van der Waals surface area contributed by atoms with Gasteiger partial charge in [-0.3, -0.25) is 9.97 Å². The van der Waals surface area contributed by atoms with Crippen molar-refractivity contribution in [3.8, 4) is 0 Å². The van der Waals surface area contributed by atoms with Crippen molar-refractivity contribution in [2.75, 3.05) is 0 Å². The fourth-order valence-corrected chi connectivity index (χ4v) is 6.40. The topological polar surface area (TPSA) is 37.8 Å². The first kappa shape index (κ1) is 28.3. The number of hydrogen-bond acceptors (Lipinski definition) is 3. The van der Waals surface area contributed by atoms with Crippen molar-refractivity contribution in [1.82, 2.24) is 15.3 Å². The molecule has 4 aliphatic rings. The molecule has 2 aromatic heterocycles. The van der Waals surface area contributed by atoms with Crippen molar-refractivity contribution in [2.45, 2.75) is 155 Å². The highest BCUT2D eigenvalue weighted by molar-refractivity contribution is 5.32. The van der Waals surface area contributed by atoms with Gasteiger partial charge >= 0.3 is 0 Å². The van der Waals surface area contributed by atoms with E-state index in [1.54, 1.807) is 0 Å². The molecule has 3 heteroatoms. The Balaban J connectivity index is 1.47. The van der Waals surface area contributed by atoms with Crippen molar-refractivity contribution in [3.63, 3.8) is 0 Å². The lowest BCUT2D eigenvalue weighted by atomic mass is 9.97. The lowest BCUT2D eigenvalue weighted by molar-refractivity contribution is 0.558. The Hall–Kier alpha value is -1.74. The van der Waals surface area contributed by atoms with E-state index in [1.165, 1.54) is 161 Å². The number of fused-ring (bicyclic) bond motifs is 22.